The Morgan fingerprint density at radius 3 is 1.24 bits per heavy atom. The van der Waals surface area contributed by atoms with E-state index >= 15 is 0 Å². The summed E-state index contributed by atoms with van der Waals surface area (Å²) in [4.78, 5) is 19.6. The van der Waals surface area contributed by atoms with Crippen molar-refractivity contribution in [1.82, 2.24) is 19.9 Å². The maximum absolute atomic E-state index is 5.14. The first kappa shape index (κ1) is 28.9. The van der Waals surface area contributed by atoms with Gasteiger partial charge >= 0.3 is 0 Å². The van der Waals surface area contributed by atoms with Crippen molar-refractivity contribution in [3.63, 3.8) is 0 Å². The van der Waals surface area contributed by atoms with Crippen molar-refractivity contribution in [3.05, 3.63) is 146 Å². The van der Waals surface area contributed by atoms with Gasteiger partial charge in [-0.15, -0.1) is 34.0 Å². The fourth-order valence-electron chi connectivity index (χ4n) is 7.13. The van der Waals surface area contributed by atoms with E-state index in [1.807, 2.05) is 48.0 Å². The highest BCUT2D eigenvalue weighted by atomic mass is 32.1. The molecule has 0 radical (unpaired) electrons. The molecule has 0 unspecified atom stereocenters. The fraction of sp³-hybridized carbons (Fsp3) is 0. The first-order valence-electron chi connectivity index (χ1n) is 16.7. The Bertz CT molecular complexity index is 3170. The number of rotatable bonds is 4. The van der Waals surface area contributed by atoms with E-state index in [9.17, 15) is 0 Å². The Hall–Kier alpha value is -5.86. The van der Waals surface area contributed by atoms with Crippen molar-refractivity contribution >= 4 is 94.8 Å². The summed E-state index contributed by atoms with van der Waals surface area (Å²) < 4.78 is 7.47. The molecule has 11 aromatic rings. The summed E-state index contributed by atoms with van der Waals surface area (Å²) in [7, 11) is 0. The largest absolute Gasteiger partial charge is 0.255 e. The van der Waals surface area contributed by atoms with Gasteiger partial charge in [0.05, 0.1) is 43.2 Å². The fourth-order valence-corrected chi connectivity index (χ4v) is 10.3. The van der Waals surface area contributed by atoms with Gasteiger partial charge in [0.1, 0.15) is 0 Å². The number of benzene rings is 4. The van der Waals surface area contributed by atoms with Crippen molar-refractivity contribution in [1.29, 1.82) is 0 Å². The molecular formula is C44H24N4S3. The van der Waals surface area contributed by atoms with Crippen LogP contribution in [0.15, 0.2) is 146 Å². The molecule has 4 aromatic carbocycles. The molecule has 0 spiro atoms. The minimum atomic E-state index is 0.847. The monoisotopic (exact) mass is 704 g/mol. The third-order valence-corrected chi connectivity index (χ3v) is 13.0. The van der Waals surface area contributed by atoms with Crippen LogP contribution < -0.4 is 0 Å². The van der Waals surface area contributed by atoms with Crippen molar-refractivity contribution in [2.75, 3.05) is 0 Å². The van der Waals surface area contributed by atoms with Gasteiger partial charge in [-0.1, -0.05) is 36.4 Å². The molecule has 11 rings (SSSR count). The second-order valence-corrected chi connectivity index (χ2v) is 15.9. The molecular weight excluding hydrogens is 681 g/mol. The molecule has 0 aliphatic carbocycles. The molecule has 7 aromatic heterocycles. The minimum Gasteiger partial charge on any atom is -0.255 e. The average molecular weight is 705 g/mol. The second kappa shape index (κ2) is 11.3. The van der Waals surface area contributed by atoms with Crippen LogP contribution >= 0.6 is 34.0 Å². The summed E-state index contributed by atoms with van der Waals surface area (Å²) in [5.41, 5.74) is 10.2. The zero-order valence-electron chi connectivity index (χ0n) is 26.9. The quantitative estimate of drug-likeness (QED) is 0.183. The molecule has 7 heterocycles. The molecule has 0 fully saturated rings. The van der Waals surface area contributed by atoms with E-state index in [0.717, 1.165) is 44.9 Å². The van der Waals surface area contributed by atoms with E-state index in [1.165, 1.54) is 60.9 Å². The lowest BCUT2D eigenvalue weighted by Gasteiger charge is -2.08. The highest BCUT2D eigenvalue weighted by Gasteiger charge is 2.14. The van der Waals surface area contributed by atoms with Gasteiger partial charge in [-0.25, -0.2) is 9.97 Å². The standard InChI is InChI=1S/C44H24N4S3/c1-5-33(47-35(7-1)36-8-2-6-34(48-36)28-14-18-40-32(24-28)44-42(51-40)10-4-20-46-44)27-13-17-38-30(23-27)29-21-25(11-15-37(29)49-38)26-12-16-39-31(22-26)43-41(50-39)9-3-19-45-43/h1-24H. The number of fused-ring (bicyclic) bond motifs is 9. The molecule has 4 nitrogen and oxygen atoms in total. The van der Waals surface area contributed by atoms with Crippen LogP contribution in [0.25, 0.3) is 106 Å². The Morgan fingerprint density at radius 1 is 0.314 bits per heavy atom. The molecule has 0 atom stereocenters. The molecule has 0 amide bonds. The van der Waals surface area contributed by atoms with Crippen molar-refractivity contribution in [3.8, 4) is 45.0 Å². The molecule has 0 N–H and O–H groups in total. The summed E-state index contributed by atoms with van der Waals surface area (Å²) in [5.74, 6) is 0. The molecule has 0 saturated carbocycles. The molecule has 238 valence electrons. The zero-order chi connectivity index (χ0) is 33.5. The van der Waals surface area contributed by atoms with Crippen molar-refractivity contribution < 1.29 is 0 Å². The van der Waals surface area contributed by atoms with Gasteiger partial charge in [-0.05, 0) is 108 Å². The number of aromatic nitrogens is 4. The number of nitrogens with zero attached hydrogens (tertiary/aromatic N) is 4. The summed E-state index contributed by atoms with van der Waals surface area (Å²) >= 11 is 5.41. The van der Waals surface area contributed by atoms with Gasteiger partial charge in [0.25, 0.3) is 0 Å². The number of hydrogen-bond donors (Lipinski definition) is 0. The molecule has 0 aliphatic heterocycles. The molecule has 0 bridgehead atoms. The van der Waals surface area contributed by atoms with E-state index in [4.69, 9.17) is 9.97 Å². The maximum atomic E-state index is 5.14. The van der Waals surface area contributed by atoms with Gasteiger partial charge in [0.2, 0.25) is 0 Å². The first-order chi connectivity index (χ1) is 25.2. The Kier molecular flexibility index (Phi) is 6.43. The van der Waals surface area contributed by atoms with Crippen LogP contribution in [0.4, 0.5) is 0 Å². The van der Waals surface area contributed by atoms with Crippen LogP contribution in [0.1, 0.15) is 0 Å². The molecule has 51 heavy (non-hydrogen) atoms. The molecule has 0 saturated heterocycles. The van der Waals surface area contributed by atoms with Gasteiger partial charge in [-0.2, -0.15) is 0 Å². The van der Waals surface area contributed by atoms with Gasteiger partial charge in [0.15, 0.2) is 0 Å². The number of thiophene rings is 3. The predicted octanol–water partition coefficient (Wildman–Crippen LogP) is 13.0. The highest BCUT2D eigenvalue weighted by molar-refractivity contribution is 7.26. The smallest absolute Gasteiger partial charge is 0.0893 e. The van der Waals surface area contributed by atoms with E-state index < -0.39 is 0 Å². The maximum Gasteiger partial charge on any atom is 0.0893 e. The highest BCUT2D eigenvalue weighted by Crippen LogP contribution is 2.41. The van der Waals surface area contributed by atoms with Gasteiger partial charge in [-0.3, -0.25) is 9.97 Å². The third kappa shape index (κ3) is 4.77. The van der Waals surface area contributed by atoms with Crippen LogP contribution in [0.3, 0.4) is 0 Å². The first-order valence-corrected chi connectivity index (χ1v) is 19.1. The van der Waals surface area contributed by atoms with Gasteiger partial charge in [0, 0.05) is 63.9 Å². The third-order valence-electron chi connectivity index (χ3n) is 9.61. The van der Waals surface area contributed by atoms with Crippen molar-refractivity contribution in [2.24, 2.45) is 0 Å². The van der Waals surface area contributed by atoms with Crippen LogP contribution in [0.5, 0.6) is 0 Å². The Balaban J connectivity index is 0.960. The normalized spacial score (nSPS) is 11.9. The summed E-state index contributed by atoms with van der Waals surface area (Å²) in [6.45, 7) is 0. The lowest BCUT2D eigenvalue weighted by Crippen LogP contribution is -1.92. The van der Waals surface area contributed by atoms with Crippen LogP contribution in [-0.2, 0) is 0 Å². The summed E-state index contributed by atoms with van der Waals surface area (Å²) in [5, 5.41) is 4.89. The van der Waals surface area contributed by atoms with Crippen LogP contribution in [-0.4, -0.2) is 19.9 Å². The average Bonchev–Trinajstić information content (AvgIpc) is 3.88. The molecule has 7 heteroatoms. The SMILES string of the molecule is c1cc(-c2ccc3sc4ccc(-c5ccc6sc7cccnc7c6c5)cc4c3c2)nc(-c2cccc(-c3ccc4sc5cccnc5c4c3)n2)c1. The zero-order valence-corrected chi connectivity index (χ0v) is 29.3. The minimum absolute atomic E-state index is 0.847. The second-order valence-electron chi connectivity index (χ2n) is 12.7. The summed E-state index contributed by atoms with van der Waals surface area (Å²) in [6, 6.07) is 47.5. The van der Waals surface area contributed by atoms with E-state index in [2.05, 4.69) is 119 Å². The predicted molar refractivity (Wildman–Crippen MR) is 218 cm³/mol. The number of hydrogen-bond acceptors (Lipinski definition) is 7. The Labute approximate surface area is 304 Å². The summed E-state index contributed by atoms with van der Waals surface area (Å²) in [6.07, 6.45) is 3.74. The van der Waals surface area contributed by atoms with E-state index in [-0.39, 0.29) is 0 Å². The van der Waals surface area contributed by atoms with Crippen LogP contribution in [0, 0.1) is 0 Å². The van der Waals surface area contributed by atoms with E-state index in [0.29, 0.717) is 0 Å². The lowest BCUT2D eigenvalue weighted by atomic mass is 10.0. The topological polar surface area (TPSA) is 51.6 Å². The van der Waals surface area contributed by atoms with Crippen molar-refractivity contribution in [2.45, 2.75) is 0 Å². The molecule has 0 aliphatic rings. The van der Waals surface area contributed by atoms with E-state index in [1.54, 1.807) is 22.7 Å². The number of pyridine rings is 4. The lowest BCUT2D eigenvalue weighted by molar-refractivity contribution is 1.25. The Morgan fingerprint density at radius 2 is 0.706 bits per heavy atom. The van der Waals surface area contributed by atoms with Gasteiger partial charge < -0.3 is 0 Å². The van der Waals surface area contributed by atoms with Crippen LogP contribution in [0.2, 0.25) is 0 Å².